The molecule has 1 aliphatic heterocycles. The Labute approximate surface area is 125 Å². The van der Waals surface area contributed by atoms with Crippen molar-refractivity contribution in [2.24, 2.45) is 11.3 Å². The molecule has 1 aliphatic rings. The molecule has 0 saturated carbocycles. The van der Waals surface area contributed by atoms with Crippen LogP contribution in [0.1, 0.15) is 37.6 Å². The number of non-ortho nitro benzene ring substituents is 1. The number of hydrogen-bond donors (Lipinski definition) is 0. The van der Waals surface area contributed by atoms with Gasteiger partial charge < -0.3 is 0 Å². The SMILES string of the molecule is CC(C)(C)C1CCN(CC(=O)c2ccc([N+](=O)[O-])cc2)C1. The van der Waals surface area contributed by atoms with Gasteiger partial charge in [0, 0.05) is 24.2 Å². The number of benzene rings is 1. The van der Waals surface area contributed by atoms with Crippen LogP contribution in [0.2, 0.25) is 0 Å². The number of likely N-dealkylation sites (tertiary alicyclic amines) is 1. The second kappa shape index (κ2) is 5.93. The number of carbonyl (C=O) groups is 1. The minimum Gasteiger partial charge on any atom is -0.295 e. The zero-order valence-corrected chi connectivity index (χ0v) is 12.8. The van der Waals surface area contributed by atoms with Gasteiger partial charge in [-0.3, -0.25) is 19.8 Å². The van der Waals surface area contributed by atoms with Crippen molar-refractivity contribution < 1.29 is 9.72 Å². The normalized spacial score (nSPS) is 19.7. The number of rotatable bonds is 4. The Kier molecular flexibility index (Phi) is 4.42. The van der Waals surface area contributed by atoms with Gasteiger partial charge in [-0.2, -0.15) is 0 Å². The van der Waals surface area contributed by atoms with Crippen LogP contribution in [0.4, 0.5) is 5.69 Å². The summed E-state index contributed by atoms with van der Waals surface area (Å²) >= 11 is 0. The Hall–Kier alpha value is -1.75. The average molecular weight is 290 g/mol. The zero-order chi connectivity index (χ0) is 15.6. The second-order valence-electron chi connectivity index (χ2n) is 6.81. The lowest BCUT2D eigenvalue weighted by atomic mass is 9.80. The molecule has 0 N–H and O–H groups in total. The molecule has 2 rings (SSSR count). The van der Waals surface area contributed by atoms with Crippen LogP contribution < -0.4 is 0 Å². The number of nitrogens with zero attached hydrogens (tertiary/aromatic N) is 2. The Morgan fingerprint density at radius 3 is 2.43 bits per heavy atom. The molecule has 1 heterocycles. The highest BCUT2D eigenvalue weighted by Gasteiger charge is 2.32. The van der Waals surface area contributed by atoms with Crippen LogP contribution in [0.25, 0.3) is 0 Å². The first kappa shape index (κ1) is 15.6. The van der Waals surface area contributed by atoms with Gasteiger partial charge in [-0.15, -0.1) is 0 Å². The fourth-order valence-corrected chi connectivity index (χ4v) is 2.75. The fraction of sp³-hybridized carbons (Fsp3) is 0.562. The van der Waals surface area contributed by atoms with E-state index in [-0.39, 0.29) is 16.9 Å². The number of nitro groups is 1. The lowest BCUT2D eigenvalue weighted by Crippen LogP contribution is -2.30. The lowest BCUT2D eigenvalue weighted by molar-refractivity contribution is -0.384. The van der Waals surface area contributed by atoms with Gasteiger partial charge in [-0.1, -0.05) is 20.8 Å². The predicted molar refractivity (Wildman–Crippen MR) is 81.4 cm³/mol. The van der Waals surface area contributed by atoms with E-state index in [9.17, 15) is 14.9 Å². The van der Waals surface area contributed by atoms with Gasteiger partial charge in [-0.05, 0) is 36.4 Å². The average Bonchev–Trinajstić information content (AvgIpc) is 2.87. The molecule has 5 heteroatoms. The molecule has 21 heavy (non-hydrogen) atoms. The van der Waals surface area contributed by atoms with E-state index in [1.165, 1.54) is 24.3 Å². The molecule has 114 valence electrons. The Morgan fingerprint density at radius 2 is 1.95 bits per heavy atom. The van der Waals surface area contributed by atoms with Crippen molar-refractivity contribution in [3.63, 3.8) is 0 Å². The van der Waals surface area contributed by atoms with E-state index in [1.54, 1.807) is 0 Å². The van der Waals surface area contributed by atoms with Crippen LogP contribution in [0.15, 0.2) is 24.3 Å². The van der Waals surface area contributed by atoms with E-state index in [4.69, 9.17) is 0 Å². The molecule has 0 radical (unpaired) electrons. The second-order valence-corrected chi connectivity index (χ2v) is 6.81. The molecule has 0 aliphatic carbocycles. The van der Waals surface area contributed by atoms with Crippen LogP contribution in [0, 0.1) is 21.4 Å². The maximum absolute atomic E-state index is 12.2. The molecule has 1 fully saturated rings. The number of carbonyl (C=O) groups excluding carboxylic acids is 1. The molecular formula is C16H22N2O3. The summed E-state index contributed by atoms with van der Waals surface area (Å²) in [6.07, 6.45) is 1.12. The van der Waals surface area contributed by atoms with E-state index in [2.05, 4.69) is 25.7 Å². The fourth-order valence-electron chi connectivity index (χ4n) is 2.75. The van der Waals surface area contributed by atoms with Gasteiger partial charge in [0.25, 0.3) is 5.69 Å². The van der Waals surface area contributed by atoms with Crippen LogP contribution in [-0.4, -0.2) is 35.2 Å². The molecule has 1 saturated heterocycles. The van der Waals surface area contributed by atoms with E-state index < -0.39 is 4.92 Å². The van der Waals surface area contributed by atoms with Crippen molar-refractivity contribution in [2.75, 3.05) is 19.6 Å². The summed E-state index contributed by atoms with van der Waals surface area (Å²) in [5.41, 5.74) is 0.825. The van der Waals surface area contributed by atoms with E-state index in [1.807, 2.05) is 0 Å². The predicted octanol–water partition coefficient (Wildman–Crippen LogP) is 3.15. The number of hydrogen-bond acceptors (Lipinski definition) is 4. The summed E-state index contributed by atoms with van der Waals surface area (Å²) in [5.74, 6) is 0.640. The molecule has 0 bridgehead atoms. The van der Waals surface area contributed by atoms with Crippen molar-refractivity contribution in [3.05, 3.63) is 39.9 Å². The maximum atomic E-state index is 12.2. The van der Waals surface area contributed by atoms with Gasteiger partial charge in [0.05, 0.1) is 11.5 Å². The van der Waals surface area contributed by atoms with Crippen molar-refractivity contribution in [1.29, 1.82) is 0 Å². The van der Waals surface area contributed by atoms with Crippen LogP contribution in [0.3, 0.4) is 0 Å². The third-order valence-electron chi connectivity index (χ3n) is 4.26. The first-order valence-corrected chi connectivity index (χ1v) is 7.27. The van der Waals surface area contributed by atoms with Crippen molar-refractivity contribution in [3.8, 4) is 0 Å². The lowest BCUT2D eigenvalue weighted by Gasteiger charge is -2.27. The van der Waals surface area contributed by atoms with Crippen LogP contribution in [0.5, 0.6) is 0 Å². The summed E-state index contributed by atoms with van der Waals surface area (Å²) in [5, 5.41) is 10.6. The number of nitro benzene ring substituents is 1. The molecule has 0 aromatic heterocycles. The van der Waals surface area contributed by atoms with Gasteiger partial charge in [-0.25, -0.2) is 0 Å². The largest absolute Gasteiger partial charge is 0.295 e. The molecule has 0 spiro atoms. The van der Waals surface area contributed by atoms with Crippen molar-refractivity contribution in [2.45, 2.75) is 27.2 Å². The van der Waals surface area contributed by atoms with E-state index in [0.717, 1.165) is 19.5 Å². The van der Waals surface area contributed by atoms with Crippen molar-refractivity contribution >= 4 is 11.5 Å². The molecule has 0 amide bonds. The standard InChI is InChI=1S/C16H22N2O3/c1-16(2,3)13-8-9-17(10-13)11-15(19)12-4-6-14(7-5-12)18(20)21/h4-7,13H,8-11H2,1-3H3. The summed E-state index contributed by atoms with van der Waals surface area (Å²) in [7, 11) is 0. The topological polar surface area (TPSA) is 63.5 Å². The Balaban J connectivity index is 1.95. The summed E-state index contributed by atoms with van der Waals surface area (Å²) in [6.45, 7) is 8.99. The Bertz CT molecular complexity index is 531. The van der Waals surface area contributed by atoms with Crippen LogP contribution in [-0.2, 0) is 0 Å². The molecule has 1 unspecified atom stereocenters. The highest BCUT2D eigenvalue weighted by atomic mass is 16.6. The zero-order valence-electron chi connectivity index (χ0n) is 12.8. The quantitative estimate of drug-likeness (QED) is 0.485. The molecular weight excluding hydrogens is 268 g/mol. The summed E-state index contributed by atoms with van der Waals surface area (Å²) in [6, 6.07) is 5.85. The molecule has 5 nitrogen and oxygen atoms in total. The first-order chi connectivity index (χ1) is 9.77. The minimum absolute atomic E-state index is 0.0144. The highest BCUT2D eigenvalue weighted by molar-refractivity contribution is 5.97. The Morgan fingerprint density at radius 1 is 1.33 bits per heavy atom. The summed E-state index contributed by atoms with van der Waals surface area (Å²) < 4.78 is 0. The first-order valence-electron chi connectivity index (χ1n) is 7.27. The molecule has 1 aromatic carbocycles. The van der Waals surface area contributed by atoms with E-state index >= 15 is 0 Å². The van der Waals surface area contributed by atoms with Crippen LogP contribution >= 0.6 is 0 Å². The van der Waals surface area contributed by atoms with E-state index in [0.29, 0.717) is 18.0 Å². The van der Waals surface area contributed by atoms with Gasteiger partial charge in [0.2, 0.25) is 0 Å². The third-order valence-corrected chi connectivity index (χ3v) is 4.26. The minimum atomic E-state index is -0.456. The van der Waals surface area contributed by atoms with Gasteiger partial charge in [0.1, 0.15) is 0 Å². The van der Waals surface area contributed by atoms with Gasteiger partial charge in [0.15, 0.2) is 5.78 Å². The highest BCUT2D eigenvalue weighted by Crippen LogP contribution is 2.33. The smallest absolute Gasteiger partial charge is 0.269 e. The number of ketones is 1. The monoisotopic (exact) mass is 290 g/mol. The van der Waals surface area contributed by atoms with Gasteiger partial charge >= 0.3 is 0 Å². The summed E-state index contributed by atoms with van der Waals surface area (Å²) in [4.78, 5) is 24.6. The third kappa shape index (κ3) is 3.88. The number of Topliss-reactive ketones (excluding diaryl/α,β-unsaturated/α-hetero) is 1. The molecule has 1 aromatic rings. The maximum Gasteiger partial charge on any atom is 0.269 e. The molecule has 1 atom stereocenters. The van der Waals surface area contributed by atoms with Crippen molar-refractivity contribution in [1.82, 2.24) is 4.90 Å².